The van der Waals surface area contributed by atoms with Gasteiger partial charge in [0.05, 0.1) is 47.7 Å². The van der Waals surface area contributed by atoms with Crippen LogP contribution in [0.5, 0.6) is 40.2 Å². The smallest absolute Gasteiger partial charge is 0.340 e. The predicted molar refractivity (Wildman–Crippen MR) is 220 cm³/mol. The molecule has 1 spiro atoms. The number of aromatic hydroxyl groups is 4. The van der Waals surface area contributed by atoms with Crippen molar-refractivity contribution in [3.8, 4) is 40.2 Å². The molecule has 3 aliphatic heterocycles. The van der Waals surface area contributed by atoms with E-state index in [4.69, 9.17) is 29.4 Å². The Labute approximate surface area is 363 Å². The second-order valence-corrected chi connectivity index (χ2v) is 16.2. The van der Waals surface area contributed by atoms with E-state index in [0.29, 0.717) is 33.8 Å². The number of esters is 1. The molecule has 330 valence electrons. The van der Waals surface area contributed by atoms with E-state index in [0.717, 1.165) is 0 Å². The molecule has 10 rings (SSSR count). The Kier molecular flexibility index (Phi) is 10.2. The topological polar surface area (TPSA) is 282 Å². The zero-order chi connectivity index (χ0) is 45.6. The second-order valence-electron chi connectivity index (χ2n) is 16.2. The standard InChI is InChI=1S/C27H29NO11.C20H12O5/c1-10-22(31)13(28)6-17(38-10)39-15-8-27(36,16(30)9-29)7-12-19(15)26(35)21-20(24(12)33)23(32)11-4-3-5-14(37-2)18(11)25(21)34;21-11-5-7-15-17(9-11)24-18-10-12(22)6-8-16(18)20(15)14-4-2-1-3-13(14)19(23)25-20/h3-5,10,13,15,17,22,29,31,33,35-36H,6-9,28H2,1-2H3;1-10,21-22H/t10-,13-,15-,17-,22+,27-;/m0./s1. The molecule has 0 bridgehead atoms. The van der Waals surface area contributed by atoms with Gasteiger partial charge in [-0.25, -0.2) is 4.79 Å². The van der Waals surface area contributed by atoms with Gasteiger partial charge in [0.2, 0.25) is 5.78 Å². The van der Waals surface area contributed by atoms with Gasteiger partial charge in [-0.1, -0.05) is 30.3 Å². The predicted octanol–water partition coefficient (Wildman–Crippen LogP) is 3.67. The van der Waals surface area contributed by atoms with Crippen LogP contribution in [0, 0.1) is 0 Å². The Hall–Kier alpha value is -6.86. The SMILES string of the molecule is COc1cccc2c1C(=O)c1c(O)c3c(c(O)c1C2=O)C[C@@](O)(C(=O)CO)C[C@@H]3O[C@H]1C[C@H](N)[C@H](O)[C@H](C)O1.O=C1OC2(c3ccc(O)cc3Oc3cc(O)ccc32)c2ccccc21. The minimum Gasteiger partial charge on any atom is -0.508 e. The Morgan fingerprint density at radius 3 is 2.11 bits per heavy atom. The Balaban J connectivity index is 0.000000177. The van der Waals surface area contributed by atoms with Crippen LogP contribution in [0.2, 0.25) is 0 Å². The highest BCUT2D eigenvalue weighted by molar-refractivity contribution is 6.31. The molecule has 0 amide bonds. The number of fused-ring (bicyclic) bond motifs is 9. The zero-order valence-electron chi connectivity index (χ0n) is 34.1. The summed E-state index contributed by atoms with van der Waals surface area (Å²) >= 11 is 0. The molecule has 5 aromatic rings. The van der Waals surface area contributed by atoms with Crippen LogP contribution in [0.3, 0.4) is 0 Å². The number of aliphatic hydroxyl groups is 3. The van der Waals surface area contributed by atoms with Crippen molar-refractivity contribution in [1.82, 2.24) is 0 Å². The molecule has 0 saturated carbocycles. The number of Topliss-reactive ketones (excluding diaryl/α,β-unsaturated/α-hetero) is 1. The lowest BCUT2D eigenvalue weighted by Crippen LogP contribution is -2.53. The summed E-state index contributed by atoms with van der Waals surface area (Å²) in [7, 11) is 1.32. The first-order valence-electron chi connectivity index (χ1n) is 20.2. The van der Waals surface area contributed by atoms with E-state index in [2.05, 4.69) is 0 Å². The minimum absolute atomic E-state index is 0.0173. The molecule has 1 fully saturated rings. The Morgan fingerprint density at radius 1 is 0.828 bits per heavy atom. The molecular formula is C47H41NO16. The maximum absolute atomic E-state index is 13.6. The van der Waals surface area contributed by atoms with Crippen molar-refractivity contribution in [1.29, 1.82) is 0 Å². The number of nitrogens with two attached hydrogens (primary N) is 1. The zero-order valence-corrected chi connectivity index (χ0v) is 34.1. The van der Waals surface area contributed by atoms with Crippen LogP contribution >= 0.6 is 0 Å². The fraction of sp³-hybridized carbons (Fsp3) is 0.277. The lowest BCUT2D eigenvalue weighted by molar-refractivity contribution is -0.247. The number of ether oxygens (including phenoxy) is 5. The number of ketones is 3. The summed E-state index contributed by atoms with van der Waals surface area (Å²) in [6.45, 7) is 0.560. The third kappa shape index (κ3) is 6.38. The number of hydrogen-bond acceptors (Lipinski definition) is 17. The fourth-order valence-electron chi connectivity index (χ4n) is 9.40. The van der Waals surface area contributed by atoms with Gasteiger partial charge >= 0.3 is 5.97 Å². The van der Waals surface area contributed by atoms with Crippen molar-refractivity contribution in [2.75, 3.05) is 13.7 Å². The normalized spacial score (nSPS) is 24.3. The maximum Gasteiger partial charge on any atom is 0.340 e. The lowest BCUT2D eigenvalue weighted by atomic mass is 9.72. The van der Waals surface area contributed by atoms with Crippen LogP contribution in [-0.4, -0.2) is 103 Å². The summed E-state index contributed by atoms with van der Waals surface area (Å²) in [4.78, 5) is 52.3. The molecule has 0 aromatic heterocycles. The molecule has 5 aromatic carbocycles. The first kappa shape index (κ1) is 42.4. The van der Waals surface area contributed by atoms with E-state index in [-0.39, 0.29) is 45.9 Å². The molecular weight excluding hydrogens is 835 g/mol. The van der Waals surface area contributed by atoms with E-state index in [9.17, 15) is 54.9 Å². The lowest BCUT2D eigenvalue weighted by Gasteiger charge is -2.42. The highest BCUT2D eigenvalue weighted by Gasteiger charge is 2.54. The van der Waals surface area contributed by atoms with Crippen molar-refractivity contribution in [3.63, 3.8) is 0 Å². The summed E-state index contributed by atoms with van der Waals surface area (Å²) in [6.07, 6.45) is -5.12. The second kappa shape index (κ2) is 15.4. The van der Waals surface area contributed by atoms with Gasteiger partial charge in [0.15, 0.2) is 23.5 Å². The van der Waals surface area contributed by atoms with Gasteiger partial charge in [0, 0.05) is 70.8 Å². The third-order valence-corrected chi connectivity index (χ3v) is 12.5. The molecule has 1 saturated heterocycles. The van der Waals surface area contributed by atoms with E-state index in [1.807, 2.05) is 12.1 Å². The molecule has 0 radical (unpaired) electrons. The Morgan fingerprint density at radius 2 is 1.47 bits per heavy atom. The first-order chi connectivity index (χ1) is 30.5. The van der Waals surface area contributed by atoms with Crippen molar-refractivity contribution in [2.24, 2.45) is 5.73 Å². The summed E-state index contributed by atoms with van der Waals surface area (Å²) < 4.78 is 28.8. The number of aliphatic hydroxyl groups excluding tert-OH is 2. The summed E-state index contributed by atoms with van der Waals surface area (Å²) in [5.41, 5.74) is 3.66. The highest BCUT2D eigenvalue weighted by Crippen LogP contribution is 2.57. The minimum atomic E-state index is -2.24. The number of carbonyl (C=O) groups excluding carboxylic acids is 4. The summed E-state index contributed by atoms with van der Waals surface area (Å²) in [5, 5.41) is 73.4. The van der Waals surface area contributed by atoms with Gasteiger partial charge in [-0.2, -0.15) is 0 Å². The number of methoxy groups -OCH3 is 1. The van der Waals surface area contributed by atoms with Gasteiger partial charge in [-0.15, -0.1) is 0 Å². The van der Waals surface area contributed by atoms with Crippen LogP contribution < -0.4 is 15.2 Å². The average Bonchev–Trinajstić information content (AvgIpc) is 3.56. The number of phenols is 4. The number of carbonyl (C=O) groups is 4. The van der Waals surface area contributed by atoms with E-state index in [1.165, 1.54) is 49.6 Å². The van der Waals surface area contributed by atoms with Crippen LogP contribution in [0.25, 0.3) is 0 Å². The van der Waals surface area contributed by atoms with Gasteiger partial charge in [-0.3, -0.25) is 14.4 Å². The molecule has 9 N–H and O–H groups in total. The summed E-state index contributed by atoms with van der Waals surface area (Å²) in [5.74, 6) is -3.37. The molecule has 6 atom stereocenters. The van der Waals surface area contributed by atoms with E-state index >= 15 is 0 Å². The molecule has 2 aliphatic carbocycles. The fourth-order valence-corrected chi connectivity index (χ4v) is 9.40. The van der Waals surface area contributed by atoms with Gasteiger partial charge < -0.3 is 65.2 Å². The molecule has 64 heavy (non-hydrogen) atoms. The maximum atomic E-state index is 13.6. The van der Waals surface area contributed by atoms with Crippen molar-refractivity contribution < 1.29 is 78.6 Å². The van der Waals surface area contributed by atoms with Gasteiger partial charge in [-0.05, 0) is 43.3 Å². The van der Waals surface area contributed by atoms with Crippen LogP contribution in [0.15, 0.2) is 78.9 Å². The number of hydrogen-bond donors (Lipinski definition) is 8. The third-order valence-electron chi connectivity index (χ3n) is 12.5. The van der Waals surface area contributed by atoms with Crippen LogP contribution in [-0.2, 0) is 31.0 Å². The number of benzene rings is 5. The summed E-state index contributed by atoms with van der Waals surface area (Å²) in [6, 6.07) is 20.2. The molecule has 17 heteroatoms. The first-order valence-corrected chi connectivity index (χ1v) is 20.2. The molecule has 3 heterocycles. The monoisotopic (exact) mass is 875 g/mol. The van der Waals surface area contributed by atoms with Crippen molar-refractivity contribution in [3.05, 3.63) is 134 Å². The van der Waals surface area contributed by atoms with Gasteiger partial charge in [0.1, 0.15) is 52.5 Å². The quantitative estimate of drug-likeness (QED) is 0.0906. The largest absolute Gasteiger partial charge is 0.508 e. The number of rotatable bonds is 5. The van der Waals surface area contributed by atoms with Crippen molar-refractivity contribution in [2.45, 2.75) is 68.0 Å². The van der Waals surface area contributed by atoms with E-state index < -0.39 is 107 Å². The van der Waals surface area contributed by atoms with Crippen LogP contribution in [0.4, 0.5) is 0 Å². The highest BCUT2D eigenvalue weighted by atomic mass is 16.7. The van der Waals surface area contributed by atoms with Crippen molar-refractivity contribution >= 4 is 23.3 Å². The van der Waals surface area contributed by atoms with Crippen LogP contribution in [0.1, 0.15) is 95.9 Å². The average molecular weight is 876 g/mol. The number of phenolic OH excluding ortho intramolecular Hbond substituents is 4. The Bertz CT molecular complexity index is 2760. The van der Waals surface area contributed by atoms with Gasteiger partial charge in [0.25, 0.3) is 0 Å². The van der Waals surface area contributed by atoms with E-state index in [1.54, 1.807) is 31.2 Å². The molecule has 0 unspecified atom stereocenters. The molecule has 5 aliphatic rings. The molecule has 17 nitrogen and oxygen atoms in total.